The molecule has 26 heavy (non-hydrogen) atoms. The molecule has 2 atom stereocenters. The van der Waals surface area contributed by atoms with Crippen LogP contribution in [-0.2, 0) is 4.79 Å². The van der Waals surface area contributed by atoms with E-state index in [1.807, 2.05) is 31.2 Å². The highest BCUT2D eigenvalue weighted by Gasteiger charge is 2.62. The van der Waals surface area contributed by atoms with Crippen LogP contribution in [0.1, 0.15) is 64.9 Å². The van der Waals surface area contributed by atoms with Gasteiger partial charge in [-0.05, 0) is 92.0 Å². The summed E-state index contributed by atoms with van der Waals surface area (Å²) in [5, 5.41) is 4.25. The molecule has 5 rings (SSSR count). The Morgan fingerprint density at radius 1 is 1.15 bits per heavy atom. The van der Waals surface area contributed by atoms with Crippen molar-refractivity contribution < 1.29 is 9.53 Å². The van der Waals surface area contributed by atoms with Gasteiger partial charge >= 0.3 is 0 Å². The molecule has 4 aliphatic rings. The lowest BCUT2D eigenvalue weighted by Gasteiger charge is -2.64. The zero-order chi connectivity index (χ0) is 18.4. The summed E-state index contributed by atoms with van der Waals surface area (Å²) in [7, 11) is 0. The molecule has 0 aromatic heterocycles. The molecule has 0 heterocycles. The van der Waals surface area contributed by atoms with Crippen molar-refractivity contribution in [1.29, 1.82) is 0 Å². The molecule has 4 saturated carbocycles. The van der Waals surface area contributed by atoms with E-state index in [4.69, 9.17) is 4.74 Å². The van der Waals surface area contributed by atoms with Gasteiger partial charge in [0.05, 0.1) is 18.2 Å². The quantitative estimate of drug-likeness (QED) is 0.624. The summed E-state index contributed by atoms with van der Waals surface area (Å²) < 4.78 is 5.45. The largest absolute Gasteiger partial charge is 0.494 e. The van der Waals surface area contributed by atoms with Gasteiger partial charge in [0, 0.05) is 0 Å². The Kier molecular flexibility index (Phi) is 4.13. The van der Waals surface area contributed by atoms with Gasteiger partial charge in [0.2, 0.25) is 5.91 Å². The first-order valence-corrected chi connectivity index (χ1v) is 9.90. The van der Waals surface area contributed by atoms with Crippen LogP contribution in [0.25, 0.3) is 0 Å². The monoisotopic (exact) mass is 354 g/mol. The molecule has 0 saturated heterocycles. The Morgan fingerprint density at radius 3 is 2.38 bits per heavy atom. The average molecular weight is 354 g/mol. The molecule has 1 N–H and O–H groups in total. The second-order valence-electron chi connectivity index (χ2n) is 9.61. The Bertz CT molecular complexity index is 706. The molecule has 1 aromatic rings. The van der Waals surface area contributed by atoms with Crippen LogP contribution in [0.4, 0.5) is 0 Å². The summed E-state index contributed by atoms with van der Waals surface area (Å²) in [5.74, 6) is 1.69. The van der Waals surface area contributed by atoms with Crippen LogP contribution in [0.2, 0.25) is 0 Å². The van der Waals surface area contributed by atoms with E-state index in [1.165, 1.54) is 19.3 Å². The maximum absolute atomic E-state index is 13.1. The first-order valence-electron chi connectivity index (χ1n) is 9.90. The third kappa shape index (κ3) is 3.15. The summed E-state index contributed by atoms with van der Waals surface area (Å²) in [6, 6.07) is 7.75. The molecular formula is C22H30N2O2. The third-order valence-electron chi connectivity index (χ3n) is 6.68. The average Bonchev–Trinajstić information content (AvgIpc) is 2.53. The highest BCUT2D eigenvalue weighted by molar-refractivity contribution is 5.86. The number of nitrogens with one attached hydrogen (secondary N) is 1. The first-order chi connectivity index (χ1) is 12.3. The molecule has 1 aromatic carbocycles. The summed E-state index contributed by atoms with van der Waals surface area (Å²) in [4.78, 5) is 13.1. The third-order valence-corrected chi connectivity index (χ3v) is 6.68. The van der Waals surface area contributed by atoms with Crippen LogP contribution in [0.3, 0.4) is 0 Å². The van der Waals surface area contributed by atoms with Crippen LogP contribution < -0.4 is 10.2 Å². The molecule has 4 fully saturated rings. The van der Waals surface area contributed by atoms with Crippen LogP contribution >= 0.6 is 0 Å². The number of carbonyl (C=O) groups excluding carboxylic acids is 1. The Hall–Kier alpha value is -1.84. The van der Waals surface area contributed by atoms with Crippen LogP contribution in [0.15, 0.2) is 29.4 Å². The van der Waals surface area contributed by atoms with E-state index in [9.17, 15) is 4.79 Å². The van der Waals surface area contributed by atoms with E-state index in [1.54, 1.807) is 6.21 Å². The van der Waals surface area contributed by atoms with Gasteiger partial charge in [-0.2, -0.15) is 5.10 Å². The second-order valence-corrected chi connectivity index (χ2v) is 9.61. The summed E-state index contributed by atoms with van der Waals surface area (Å²) >= 11 is 0. The van der Waals surface area contributed by atoms with E-state index in [0.717, 1.165) is 30.6 Å². The number of carbonyl (C=O) groups is 1. The van der Waals surface area contributed by atoms with E-state index in [0.29, 0.717) is 23.4 Å². The fourth-order valence-electron chi connectivity index (χ4n) is 6.80. The smallest absolute Gasteiger partial charge is 0.246 e. The Morgan fingerprint density at radius 2 is 1.81 bits per heavy atom. The molecule has 1 amide bonds. The van der Waals surface area contributed by atoms with E-state index >= 15 is 0 Å². The lowest BCUT2D eigenvalue weighted by Crippen LogP contribution is -2.59. The zero-order valence-corrected chi connectivity index (χ0v) is 16.2. The topological polar surface area (TPSA) is 50.7 Å². The molecule has 0 aliphatic heterocycles. The number of benzene rings is 1. The molecule has 4 heteroatoms. The van der Waals surface area contributed by atoms with Gasteiger partial charge in [0.15, 0.2) is 0 Å². The molecule has 4 bridgehead atoms. The Labute approximate surface area is 156 Å². The van der Waals surface area contributed by atoms with Crippen molar-refractivity contribution in [3.05, 3.63) is 29.8 Å². The fraction of sp³-hybridized carbons (Fsp3) is 0.636. The minimum absolute atomic E-state index is 0.126. The minimum atomic E-state index is -0.209. The highest BCUT2D eigenvalue weighted by Crippen LogP contribution is 2.69. The van der Waals surface area contributed by atoms with Crippen molar-refractivity contribution in [2.45, 2.75) is 59.3 Å². The van der Waals surface area contributed by atoms with Crippen molar-refractivity contribution in [2.75, 3.05) is 6.61 Å². The van der Waals surface area contributed by atoms with Gasteiger partial charge in [0.1, 0.15) is 5.75 Å². The van der Waals surface area contributed by atoms with Crippen molar-refractivity contribution in [3.8, 4) is 5.75 Å². The van der Waals surface area contributed by atoms with Gasteiger partial charge < -0.3 is 4.74 Å². The first kappa shape index (κ1) is 17.6. The van der Waals surface area contributed by atoms with E-state index < -0.39 is 0 Å². The number of nitrogens with zero attached hydrogens (tertiary/aromatic N) is 1. The standard InChI is InChI=1S/C22H30N2O2/c1-4-26-18-7-5-16(6-8-18)12-23-24-19(25)22-11-17-9-20(2,14-22)13-21(3,10-17)15-22/h5-8,12,17H,4,9-11,13-15H2,1-3H3,(H,24,25)/b23-12+. The maximum atomic E-state index is 13.1. The summed E-state index contributed by atoms with van der Waals surface area (Å²) in [5.41, 5.74) is 4.28. The predicted molar refractivity (Wildman–Crippen MR) is 103 cm³/mol. The second kappa shape index (κ2) is 6.11. The van der Waals surface area contributed by atoms with Gasteiger partial charge in [-0.1, -0.05) is 13.8 Å². The molecule has 2 unspecified atom stereocenters. The minimum Gasteiger partial charge on any atom is -0.494 e. The Balaban J connectivity index is 1.43. The van der Waals surface area contributed by atoms with E-state index in [2.05, 4.69) is 24.4 Å². The SMILES string of the molecule is CCOc1ccc(/C=N/NC(=O)C23CC4CC(C)(CC(C)(C4)C2)C3)cc1. The van der Waals surface area contributed by atoms with Crippen LogP contribution in [0, 0.1) is 22.2 Å². The van der Waals surface area contributed by atoms with Crippen molar-refractivity contribution in [2.24, 2.45) is 27.3 Å². The fourth-order valence-corrected chi connectivity index (χ4v) is 6.80. The highest BCUT2D eigenvalue weighted by atomic mass is 16.5. The molecule has 0 radical (unpaired) electrons. The lowest BCUT2D eigenvalue weighted by molar-refractivity contribution is -0.170. The zero-order valence-electron chi connectivity index (χ0n) is 16.2. The molecule has 4 nitrogen and oxygen atoms in total. The number of amides is 1. The van der Waals surface area contributed by atoms with E-state index in [-0.39, 0.29) is 11.3 Å². The molecular weight excluding hydrogens is 324 g/mol. The van der Waals surface area contributed by atoms with Crippen molar-refractivity contribution in [1.82, 2.24) is 5.43 Å². The number of hydrogen-bond donors (Lipinski definition) is 1. The summed E-state index contributed by atoms with van der Waals surface area (Å²) in [6.45, 7) is 7.41. The molecule has 0 spiro atoms. The number of rotatable bonds is 5. The van der Waals surface area contributed by atoms with Crippen molar-refractivity contribution in [3.63, 3.8) is 0 Å². The van der Waals surface area contributed by atoms with Crippen LogP contribution in [-0.4, -0.2) is 18.7 Å². The maximum Gasteiger partial charge on any atom is 0.246 e. The van der Waals surface area contributed by atoms with Gasteiger partial charge in [-0.15, -0.1) is 0 Å². The predicted octanol–water partition coefficient (Wildman–Crippen LogP) is 4.53. The van der Waals surface area contributed by atoms with Crippen LogP contribution in [0.5, 0.6) is 5.75 Å². The van der Waals surface area contributed by atoms with Gasteiger partial charge in [-0.25, -0.2) is 5.43 Å². The number of hydrazone groups is 1. The number of hydrogen-bond acceptors (Lipinski definition) is 3. The normalized spacial score (nSPS) is 37.9. The van der Waals surface area contributed by atoms with Gasteiger partial charge in [-0.3, -0.25) is 4.79 Å². The lowest BCUT2D eigenvalue weighted by atomic mass is 9.40. The molecule has 4 aliphatic carbocycles. The van der Waals surface area contributed by atoms with Crippen molar-refractivity contribution >= 4 is 12.1 Å². The molecule has 140 valence electrons. The van der Waals surface area contributed by atoms with Gasteiger partial charge in [0.25, 0.3) is 0 Å². The number of ether oxygens (including phenoxy) is 1. The summed E-state index contributed by atoms with van der Waals surface area (Å²) in [6.07, 6.45) is 8.69.